The number of benzene rings is 1. The van der Waals surface area contributed by atoms with Gasteiger partial charge in [0.2, 0.25) is 0 Å². The van der Waals surface area contributed by atoms with Gasteiger partial charge in [0.15, 0.2) is 5.11 Å². The predicted molar refractivity (Wildman–Crippen MR) is 90.1 cm³/mol. The Morgan fingerprint density at radius 3 is 2.83 bits per heavy atom. The van der Waals surface area contributed by atoms with E-state index in [1.807, 2.05) is 26.0 Å². The molecular weight excluding hydrogens is 429 g/mol. The van der Waals surface area contributed by atoms with Crippen LogP contribution >= 0.6 is 50.7 Å². The van der Waals surface area contributed by atoms with Gasteiger partial charge in [-0.15, -0.1) is 0 Å². The third-order valence-corrected chi connectivity index (χ3v) is 3.12. The van der Waals surface area contributed by atoms with Gasteiger partial charge in [0.05, 0.1) is 15.9 Å². The van der Waals surface area contributed by atoms with E-state index in [-0.39, 0.29) is 11.2 Å². The first-order chi connectivity index (χ1) is 8.40. The molecule has 98 valence electrons. The largest absolute Gasteiger partial charge is 0.489 e. The summed E-state index contributed by atoms with van der Waals surface area (Å²) in [6.45, 7) is 3.96. The van der Waals surface area contributed by atoms with Crippen LogP contribution in [0.5, 0.6) is 5.75 Å². The van der Waals surface area contributed by atoms with Gasteiger partial charge in [-0.3, -0.25) is 5.43 Å². The number of thiocarbonyl (C=S) groups is 1. The van der Waals surface area contributed by atoms with E-state index < -0.39 is 0 Å². The van der Waals surface area contributed by atoms with Gasteiger partial charge in [0.25, 0.3) is 0 Å². The van der Waals surface area contributed by atoms with Gasteiger partial charge in [0, 0.05) is 10.0 Å². The van der Waals surface area contributed by atoms with Crippen molar-refractivity contribution in [1.29, 1.82) is 0 Å². The van der Waals surface area contributed by atoms with Gasteiger partial charge in [-0.05, 0) is 60.8 Å². The molecule has 1 aromatic rings. The Morgan fingerprint density at radius 1 is 1.61 bits per heavy atom. The molecule has 3 N–H and O–H groups in total. The summed E-state index contributed by atoms with van der Waals surface area (Å²) in [6.07, 6.45) is 1.72. The van der Waals surface area contributed by atoms with Crippen LogP contribution in [0.3, 0.4) is 0 Å². The zero-order valence-corrected chi connectivity index (χ0v) is 14.5. The number of ether oxygens (including phenoxy) is 1. The predicted octanol–water partition coefficient (Wildman–Crippen LogP) is 3.01. The van der Waals surface area contributed by atoms with Crippen molar-refractivity contribution in [3.8, 4) is 5.75 Å². The van der Waals surface area contributed by atoms with Gasteiger partial charge < -0.3 is 10.5 Å². The van der Waals surface area contributed by atoms with E-state index in [1.165, 1.54) is 0 Å². The average Bonchev–Trinajstić information content (AvgIpc) is 2.22. The highest BCUT2D eigenvalue weighted by Gasteiger charge is 2.10. The second-order valence-electron chi connectivity index (χ2n) is 3.71. The average molecular weight is 442 g/mol. The molecule has 0 aliphatic rings. The fourth-order valence-electron chi connectivity index (χ4n) is 1.20. The zero-order valence-electron chi connectivity index (χ0n) is 9.91. The third-order valence-electron chi connectivity index (χ3n) is 1.77. The van der Waals surface area contributed by atoms with Crippen LogP contribution in [0.15, 0.2) is 21.7 Å². The maximum absolute atomic E-state index is 5.78. The molecule has 0 spiro atoms. The summed E-state index contributed by atoms with van der Waals surface area (Å²) in [7, 11) is 0. The highest BCUT2D eigenvalue weighted by Crippen LogP contribution is 2.29. The minimum absolute atomic E-state index is 0.0929. The molecule has 7 heteroatoms. The van der Waals surface area contributed by atoms with E-state index in [1.54, 1.807) is 6.21 Å². The van der Waals surface area contributed by atoms with Crippen LogP contribution in [-0.4, -0.2) is 17.4 Å². The molecule has 0 aliphatic carbocycles. The maximum atomic E-state index is 5.78. The summed E-state index contributed by atoms with van der Waals surface area (Å²) < 4.78 is 7.74. The van der Waals surface area contributed by atoms with E-state index in [9.17, 15) is 0 Å². The molecule has 0 fully saturated rings. The molecule has 1 aromatic carbocycles. The summed E-state index contributed by atoms with van der Waals surface area (Å²) in [4.78, 5) is 0. The number of nitrogens with zero attached hydrogens (tertiary/aromatic N) is 1. The van der Waals surface area contributed by atoms with Gasteiger partial charge in [-0.25, -0.2) is 0 Å². The van der Waals surface area contributed by atoms with Crippen molar-refractivity contribution in [1.82, 2.24) is 5.43 Å². The van der Waals surface area contributed by atoms with Gasteiger partial charge in [-0.2, -0.15) is 5.10 Å². The first kappa shape index (κ1) is 15.6. The molecule has 0 aliphatic heterocycles. The van der Waals surface area contributed by atoms with E-state index in [2.05, 4.69) is 61.3 Å². The Morgan fingerprint density at radius 2 is 2.28 bits per heavy atom. The van der Waals surface area contributed by atoms with Crippen LogP contribution < -0.4 is 15.9 Å². The van der Waals surface area contributed by atoms with Crippen molar-refractivity contribution >= 4 is 62.1 Å². The Kier molecular flexibility index (Phi) is 6.30. The minimum atomic E-state index is 0.0929. The second-order valence-corrected chi connectivity index (χ2v) is 6.22. The molecule has 0 radical (unpaired) electrons. The fourth-order valence-corrected chi connectivity index (χ4v) is 2.93. The summed E-state index contributed by atoms with van der Waals surface area (Å²) in [5, 5.41) is 4.07. The quantitative estimate of drug-likeness (QED) is 0.326. The van der Waals surface area contributed by atoms with Crippen LogP contribution in [0.25, 0.3) is 0 Å². The Balaban J connectivity index is 3.06. The van der Waals surface area contributed by atoms with Crippen LogP contribution in [0.4, 0.5) is 0 Å². The lowest BCUT2D eigenvalue weighted by atomic mass is 10.2. The molecule has 18 heavy (non-hydrogen) atoms. The molecule has 0 heterocycles. The molecular formula is C11H13BrIN3OS. The molecule has 0 aromatic heterocycles. The normalized spacial score (nSPS) is 10.9. The molecule has 4 nitrogen and oxygen atoms in total. The van der Waals surface area contributed by atoms with Crippen molar-refractivity contribution in [3.63, 3.8) is 0 Å². The van der Waals surface area contributed by atoms with Crippen molar-refractivity contribution in [3.05, 3.63) is 25.7 Å². The molecule has 0 atom stereocenters. The van der Waals surface area contributed by atoms with Gasteiger partial charge in [0.1, 0.15) is 5.75 Å². The summed E-state index contributed by atoms with van der Waals surface area (Å²) >= 11 is 10.3. The number of nitrogens with one attached hydrogen (secondary N) is 1. The van der Waals surface area contributed by atoms with E-state index in [0.717, 1.165) is 19.4 Å². The maximum Gasteiger partial charge on any atom is 0.184 e. The van der Waals surface area contributed by atoms with Crippen LogP contribution in [-0.2, 0) is 0 Å². The number of hydrazone groups is 1. The second kappa shape index (κ2) is 7.25. The Labute approximate surface area is 134 Å². The topological polar surface area (TPSA) is 59.6 Å². The van der Waals surface area contributed by atoms with Gasteiger partial charge >= 0.3 is 0 Å². The lowest BCUT2D eigenvalue weighted by Gasteiger charge is -2.14. The van der Waals surface area contributed by atoms with E-state index in [4.69, 9.17) is 10.5 Å². The highest BCUT2D eigenvalue weighted by atomic mass is 127. The standard InChI is InChI=1S/C11H13BrIN3OS/c1-6(2)17-10-7(5-15-16-11(14)18)3-8(12)4-9(10)13/h3-6H,1-2H3,(H3,14,16,18). The smallest absolute Gasteiger partial charge is 0.184 e. The molecule has 0 saturated heterocycles. The molecule has 0 bridgehead atoms. The summed E-state index contributed by atoms with van der Waals surface area (Å²) in [5.41, 5.74) is 8.67. The summed E-state index contributed by atoms with van der Waals surface area (Å²) in [6, 6.07) is 3.90. The van der Waals surface area contributed by atoms with Crippen molar-refractivity contribution in [2.24, 2.45) is 10.8 Å². The van der Waals surface area contributed by atoms with Crippen LogP contribution in [0, 0.1) is 3.57 Å². The number of rotatable bonds is 4. The minimum Gasteiger partial charge on any atom is -0.489 e. The highest BCUT2D eigenvalue weighted by molar-refractivity contribution is 14.1. The van der Waals surface area contributed by atoms with E-state index in [0.29, 0.717) is 0 Å². The van der Waals surface area contributed by atoms with Crippen molar-refractivity contribution in [2.75, 3.05) is 0 Å². The Bertz CT molecular complexity index is 480. The fraction of sp³-hybridized carbons (Fsp3) is 0.273. The number of hydrogen-bond acceptors (Lipinski definition) is 3. The van der Waals surface area contributed by atoms with E-state index >= 15 is 0 Å². The third kappa shape index (κ3) is 5.07. The molecule has 0 saturated carbocycles. The summed E-state index contributed by atoms with van der Waals surface area (Å²) in [5.74, 6) is 0.794. The number of halogens is 2. The first-order valence-electron chi connectivity index (χ1n) is 5.14. The Hall–Kier alpha value is -0.410. The lowest BCUT2D eigenvalue weighted by molar-refractivity contribution is 0.240. The number of hydrogen-bond donors (Lipinski definition) is 2. The van der Waals surface area contributed by atoms with Crippen LogP contribution in [0.1, 0.15) is 19.4 Å². The lowest BCUT2D eigenvalue weighted by Crippen LogP contribution is -2.24. The van der Waals surface area contributed by atoms with Crippen molar-refractivity contribution in [2.45, 2.75) is 20.0 Å². The van der Waals surface area contributed by atoms with Crippen molar-refractivity contribution < 1.29 is 4.74 Å². The van der Waals surface area contributed by atoms with Gasteiger partial charge in [-0.1, -0.05) is 15.9 Å². The SMILES string of the molecule is CC(C)Oc1c(I)cc(Br)cc1C=NNC(N)=S. The number of nitrogens with two attached hydrogens (primary N) is 1. The van der Waals surface area contributed by atoms with Crippen LogP contribution in [0.2, 0.25) is 0 Å². The zero-order chi connectivity index (χ0) is 13.7. The first-order valence-corrected chi connectivity index (χ1v) is 7.42. The molecule has 1 rings (SSSR count). The monoisotopic (exact) mass is 441 g/mol. The molecule has 0 amide bonds. The molecule has 0 unspecified atom stereocenters.